The largest absolute Gasteiger partial charge is 0.331 e. The molecule has 2 aliphatic rings. The van der Waals surface area contributed by atoms with Crippen LogP contribution >= 0.6 is 0 Å². The summed E-state index contributed by atoms with van der Waals surface area (Å²) < 4.78 is 0. The summed E-state index contributed by atoms with van der Waals surface area (Å²) in [5, 5.41) is 2.69. The first-order chi connectivity index (χ1) is 11.2. The van der Waals surface area contributed by atoms with Crippen LogP contribution in [-0.4, -0.2) is 37.0 Å². The quantitative estimate of drug-likeness (QED) is 0.917. The van der Waals surface area contributed by atoms with Crippen molar-refractivity contribution in [3.05, 3.63) is 48.0 Å². The first kappa shape index (κ1) is 14.7. The van der Waals surface area contributed by atoms with E-state index >= 15 is 0 Å². The smallest absolute Gasteiger partial charge is 0.226 e. The Labute approximate surface area is 137 Å². The van der Waals surface area contributed by atoms with E-state index in [4.69, 9.17) is 0 Å². The first-order valence-electron chi connectivity index (χ1n) is 8.81. The SMILES string of the molecule is C[C@@H]1C[C@@H]1C(=O)N1CC[NH+](Cc2cccc3ccccc23)CC1. The van der Waals surface area contributed by atoms with Gasteiger partial charge in [-0.25, -0.2) is 0 Å². The maximum absolute atomic E-state index is 12.3. The Morgan fingerprint density at radius 3 is 2.57 bits per heavy atom. The molecule has 23 heavy (non-hydrogen) atoms. The molecule has 2 aromatic carbocycles. The zero-order valence-electron chi connectivity index (χ0n) is 13.8. The zero-order chi connectivity index (χ0) is 15.8. The van der Waals surface area contributed by atoms with Crippen molar-refractivity contribution in [2.75, 3.05) is 26.2 Å². The number of piperazine rings is 1. The van der Waals surface area contributed by atoms with Crippen molar-refractivity contribution in [3.63, 3.8) is 0 Å². The van der Waals surface area contributed by atoms with Crippen molar-refractivity contribution in [2.45, 2.75) is 19.9 Å². The molecule has 1 saturated heterocycles. The molecule has 1 N–H and O–H groups in total. The molecule has 0 aromatic heterocycles. The van der Waals surface area contributed by atoms with E-state index < -0.39 is 0 Å². The highest BCUT2D eigenvalue weighted by atomic mass is 16.2. The molecular formula is C20H25N2O+. The average Bonchev–Trinajstić information content (AvgIpc) is 3.32. The van der Waals surface area contributed by atoms with Crippen LogP contribution in [0.3, 0.4) is 0 Å². The van der Waals surface area contributed by atoms with E-state index in [2.05, 4.69) is 54.3 Å². The van der Waals surface area contributed by atoms with Gasteiger partial charge in [-0.15, -0.1) is 0 Å². The van der Waals surface area contributed by atoms with Crippen LogP contribution in [0.4, 0.5) is 0 Å². The molecule has 2 fully saturated rings. The molecule has 0 spiro atoms. The number of carbonyl (C=O) groups is 1. The van der Waals surface area contributed by atoms with Crippen LogP contribution < -0.4 is 4.90 Å². The maximum Gasteiger partial charge on any atom is 0.226 e. The Bertz CT molecular complexity index is 713. The first-order valence-corrected chi connectivity index (χ1v) is 8.81. The zero-order valence-corrected chi connectivity index (χ0v) is 13.8. The number of hydrogen-bond acceptors (Lipinski definition) is 1. The number of fused-ring (bicyclic) bond motifs is 1. The van der Waals surface area contributed by atoms with Gasteiger partial charge in [0, 0.05) is 11.5 Å². The van der Waals surface area contributed by atoms with Gasteiger partial charge in [-0.1, -0.05) is 49.4 Å². The molecule has 1 aliphatic heterocycles. The number of nitrogens with one attached hydrogen (secondary N) is 1. The summed E-state index contributed by atoms with van der Waals surface area (Å²) in [7, 11) is 0. The molecular weight excluding hydrogens is 284 g/mol. The van der Waals surface area contributed by atoms with Crippen LogP contribution in [0.15, 0.2) is 42.5 Å². The Kier molecular flexibility index (Phi) is 3.82. The summed E-state index contributed by atoms with van der Waals surface area (Å²) in [5.41, 5.74) is 1.42. The van der Waals surface area contributed by atoms with Gasteiger partial charge in [0.2, 0.25) is 5.91 Å². The highest BCUT2D eigenvalue weighted by Gasteiger charge is 2.42. The fourth-order valence-corrected chi connectivity index (χ4v) is 3.84. The van der Waals surface area contributed by atoms with Crippen molar-refractivity contribution in [1.29, 1.82) is 0 Å². The summed E-state index contributed by atoms with van der Waals surface area (Å²) >= 11 is 0. The fraction of sp³-hybridized carbons (Fsp3) is 0.450. The summed E-state index contributed by atoms with van der Waals surface area (Å²) in [6.45, 7) is 7.21. The van der Waals surface area contributed by atoms with E-state index in [0.29, 0.717) is 17.7 Å². The van der Waals surface area contributed by atoms with Crippen LogP contribution in [0, 0.1) is 11.8 Å². The molecule has 3 heteroatoms. The third-order valence-electron chi connectivity index (χ3n) is 5.53. The lowest BCUT2D eigenvalue weighted by Crippen LogP contribution is -3.13. The molecule has 3 nitrogen and oxygen atoms in total. The molecule has 0 radical (unpaired) electrons. The van der Waals surface area contributed by atoms with Gasteiger partial charge in [-0.3, -0.25) is 4.79 Å². The minimum absolute atomic E-state index is 0.328. The maximum atomic E-state index is 12.3. The molecule has 2 aromatic rings. The van der Waals surface area contributed by atoms with Crippen molar-refractivity contribution in [2.24, 2.45) is 11.8 Å². The van der Waals surface area contributed by atoms with Crippen molar-refractivity contribution in [3.8, 4) is 0 Å². The van der Waals surface area contributed by atoms with E-state index in [1.807, 2.05) is 0 Å². The Hall–Kier alpha value is -1.87. The molecule has 0 bridgehead atoms. The van der Waals surface area contributed by atoms with E-state index in [1.165, 1.54) is 16.3 Å². The number of benzene rings is 2. The lowest BCUT2D eigenvalue weighted by Gasteiger charge is -2.32. The van der Waals surface area contributed by atoms with Crippen LogP contribution in [-0.2, 0) is 11.3 Å². The third kappa shape index (κ3) is 2.98. The number of carbonyl (C=O) groups excluding carboxylic acids is 1. The highest BCUT2D eigenvalue weighted by molar-refractivity contribution is 5.85. The second-order valence-corrected chi connectivity index (χ2v) is 7.21. The number of nitrogens with zero attached hydrogens (tertiary/aromatic N) is 1. The highest BCUT2D eigenvalue weighted by Crippen LogP contribution is 2.39. The van der Waals surface area contributed by atoms with Crippen LogP contribution in [0.25, 0.3) is 10.8 Å². The lowest BCUT2D eigenvalue weighted by molar-refractivity contribution is -0.917. The monoisotopic (exact) mass is 309 g/mol. The van der Waals surface area contributed by atoms with Gasteiger partial charge in [0.1, 0.15) is 6.54 Å². The minimum Gasteiger partial charge on any atom is -0.331 e. The number of rotatable bonds is 3. The van der Waals surface area contributed by atoms with Crippen LogP contribution in [0.5, 0.6) is 0 Å². The topological polar surface area (TPSA) is 24.8 Å². The van der Waals surface area contributed by atoms with Crippen LogP contribution in [0.2, 0.25) is 0 Å². The Balaban J connectivity index is 1.40. The van der Waals surface area contributed by atoms with Crippen molar-refractivity contribution < 1.29 is 9.69 Å². The van der Waals surface area contributed by atoms with Gasteiger partial charge in [0.15, 0.2) is 0 Å². The van der Waals surface area contributed by atoms with E-state index in [-0.39, 0.29) is 0 Å². The van der Waals surface area contributed by atoms with Gasteiger partial charge in [0.25, 0.3) is 0 Å². The number of hydrogen-bond donors (Lipinski definition) is 1. The van der Waals surface area contributed by atoms with Crippen LogP contribution in [0.1, 0.15) is 18.9 Å². The predicted molar refractivity (Wildman–Crippen MR) is 92.2 cm³/mol. The Morgan fingerprint density at radius 2 is 1.83 bits per heavy atom. The molecule has 1 aliphatic carbocycles. The number of quaternary nitrogens is 1. The summed E-state index contributed by atoms with van der Waals surface area (Å²) in [6, 6.07) is 15.2. The molecule has 4 rings (SSSR count). The van der Waals surface area contributed by atoms with E-state index in [9.17, 15) is 4.79 Å². The summed E-state index contributed by atoms with van der Waals surface area (Å²) in [6.07, 6.45) is 1.10. The summed E-state index contributed by atoms with van der Waals surface area (Å²) in [4.78, 5) is 16.0. The van der Waals surface area contributed by atoms with Gasteiger partial charge < -0.3 is 9.80 Å². The van der Waals surface area contributed by atoms with Gasteiger partial charge in [0.05, 0.1) is 26.2 Å². The van der Waals surface area contributed by atoms with Gasteiger partial charge in [-0.05, 0) is 23.1 Å². The average molecular weight is 309 g/mol. The molecule has 1 heterocycles. The van der Waals surface area contributed by atoms with Gasteiger partial charge >= 0.3 is 0 Å². The second-order valence-electron chi connectivity index (χ2n) is 7.21. The number of amides is 1. The third-order valence-corrected chi connectivity index (χ3v) is 5.53. The minimum atomic E-state index is 0.328. The van der Waals surface area contributed by atoms with Gasteiger partial charge in [-0.2, -0.15) is 0 Å². The van der Waals surface area contributed by atoms with E-state index in [1.54, 1.807) is 4.90 Å². The normalized spacial score (nSPS) is 24.8. The van der Waals surface area contributed by atoms with Crippen molar-refractivity contribution in [1.82, 2.24) is 4.90 Å². The fourth-order valence-electron chi connectivity index (χ4n) is 3.84. The molecule has 0 unspecified atom stereocenters. The second kappa shape index (κ2) is 5.97. The standard InChI is InChI=1S/C20H24N2O/c1-15-13-19(15)20(23)22-11-9-21(10-12-22)14-17-7-4-6-16-5-2-3-8-18(16)17/h2-8,15,19H,9-14H2,1H3/p+1/t15-,19+/m1/s1. The van der Waals surface area contributed by atoms with E-state index in [0.717, 1.165) is 39.1 Å². The van der Waals surface area contributed by atoms with Crippen molar-refractivity contribution >= 4 is 16.7 Å². The molecule has 120 valence electrons. The Morgan fingerprint density at radius 1 is 1.13 bits per heavy atom. The molecule has 2 atom stereocenters. The molecule has 1 amide bonds. The predicted octanol–water partition coefficient (Wildman–Crippen LogP) is 1.72. The summed E-state index contributed by atoms with van der Waals surface area (Å²) in [5.74, 6) is 1.35. The molecule has 1 saturated carbocycles. The lowest BCUT2D eigenvalue weighted by atomic mass is 10.0.